The quantitative estimate of drug-likeness (QED) is 0.884. The smallest absolute Gasteiger partial charge is 0.118 e. The molecule has 5 heteroatoms. The summed E-state index contributed by atoms with van der Waals surface area (Å²) in [5.41, 5.74) is 1.14. The minimum absolute atomic E-state index is 0.641. The molecule has 0 atom stereocenters. The van der Waals surface area contributed by atoms with E-state index in [9.17, 15) is 0 Å². The molecule has 0 fully saturated rings. The molecule has 0 unspecified atom stereocenters. The van der Waals surface area contributed by atoms with Gasteiger partial charge in [0.15, 0.2) is 0 Å². The first-order chi connectivity index (χ1) is 9.04. The average Bonchev–Trinajstić information content (AvgIpc) is 2.87. The van der Waals surface area contributed by atoms with Crippen LogP contribution in [0, 0.1) is 12.8 Å². The van der Waals surface area contributed by atoms with E-state index in [1.807, 2.05) is 17.8 Å². The van der Waals surface area contributed by atoms with E-state index in [1.54, 1.807) is 6.20 Å². The maximum absolute atomic E-state index is 5.85. The molecule has 2 aromatic rings. The summed E-state index contributed by atoms with van der Waals surface area (Å²) in [6, 6.07) is 2.08. The molecule has 0 bridgehead atoms. The third-order valence-corrected chi connectivity index (χ3v) is 3.05. The van der Waals surface area contributed by atoms with Crippen molar-refractivity contribution < 1.29 is 4.42 Å². The molecule has 2 heterocycles. The van der Waals surface area contributed by atoms with Gasteiger partial charge in [-0.05, 0) is 25.5 Å². The standard InChI is InChI=1S/C14H20ClN3O/c1-10(2)5-16-7-14-4-12(11(3)19-14)8-18-9-13(15)6-17-18/h4,6,9-10,16H,5,7-8H2,1-3H3. The number of hydrogen-bond acceptors (Lipinski definition) is 3. The monoisotopic (exact) mass is 281 g/mol. The highest BCUT2D eigenvalue weighted by molar-refractivity contribution is 6.30. The molecular formula is C14H20ClN3O. The van der Waals surface area contributed by atoms with Crippen LogP contribution in [0.4, 0.5) is 0 Å². The predicted octanol–water partition coefficient (Wildman–Crippen LogP) is 3.23. The van der Waals surface area contributed by atoms with E-state index in [2.05, 4.69) is 30.3 Å². The predicted molar refractivity (Wildman–Crippen MR) is 76.3 cm³/mol. The second kappa shape index (κ2) is 6.26. The maximum atomic E-state index is 5.85. The number of halogens is 1. The lowest BCUT2D eigenvalue weighted by Crippen LogP contribution is -2.18. The van der Waals surface area contributed by atoms with Crippen LogP contribution >= 0.6 is 11.6 Å². The van der Waals surface area contributed by atoms with E-state index in [4.69, 9.17) is 16.0 Å². The lowest BCUT2D eigenvalue weighted by molar-refractivity contribution is 0.446. The summed E-state index contributed by atoms with van der Waals surface area (Å²) in [6.07, 6.45) is 3.45. The fourth-order valence-electron chi connectivity index (χ4n) is 1.92. The van der Waals surface area contributed by atoms with Gasteiger partial charge in [-0.1, -0.05) is 25.4 Å². The minimum Gasteiger partial charge on any atom is -0.465 e. The average molecular weight is 282 g/mol. The van der Waals surface area contributed by atoms with Crippen molar-refractivity contribution in [3.63, 3.8) is 0 Å². The van der Waals surface area contributed by atoms with Crippen LogP contribution in [0.25, 0.3) is 0 Å². The SMILES string of the molecule is Cc1oc(CNCC(C)C)cc1Cn1cc(Cl)cn1. The van der Waals surface area contributed by atoms with Crippen molar-refractivity contribution in [2.24, 2.45) is 5.92 Å². The van der Waals surface area contributed by atoms with Crippen molar-refractivity contribution in [3.05, 3.63) is 40.6 Å². The van der Waals surface area contributed by atoms with Gasteiger partial charge in [-0.3, -0.25) is 4.68 Å². The van der Waals surface area contributed by atoms with Crippen LogP contribution in [0.5, 0.6) is 0 Å². The third-order valence-electron chi connectivity index (χ3n) is 2.86. The minimum atomic E-state index is 0.641. The summed E-state index contributed by atoms with van der Waals surface area (Å²) >= 11 is 5.85. The second-order valence-corrected chi connectivity index (χ2v) is 5.61. The van der Waals surface area contributed by atoms with Gasteiger partial charge in [-0.2, -0.15) is 5.10 Å². The molecule has 0 aromatic carbocycles. The summed E-state index contributed by atoms with van der Waals surface area (Å²) in [7, 11) is 0. The van der Waals surface area contributed by atoms with E-state index in [0.717, 1.165) is 30.2 Å². The first-order valence-corrected chi connectivity index (χ1v) is 6.89. The zero-order valence-electron chi connectivity index (χ0n) is 11.6. The van der Waals surface area contributed by atoms with E-state index in [1.165, 1.54) is 0 Å². The molecule has 19 heavy (non-hydrogen) atoms. The first kappa shape index (κ1) is 14.2. The maximum Gasteiger partial charge on any atom is 0.118 e. The number of nitrogens with one attached hydrogen (secondary N) is 1. The Morgan fingerprint density at radius 1 is 1.47 bits per heavy atom. The fourth-order valence-corrected chi connectivity index (χ4v) is 2.07. The molecule has 0 amide bonds. The molecule has 0 aliphatic heterocycles. The third kappa shape index (κ3) is 4.11. The summed E-state index contributed by atoms with van der Waals surface area (Å²) in [5.74, 6) is 2.54. The van der Waals surface area contributed by atoms with Crippen molar-refractivity contribution in [2.45, 2.75) is 33.9 Å². The lowest BCUT2D eigenvalue weighted by Gasteiger charge is -2.04. The van der Waals surface area contributed by atoms with Gasteiger partial charge in [0.25, 0.3) is 0 Å². The number of furan rings is 1. The number of rotatable bonds is 6. The Balaban J connectivity index is 1.96. The van der Waals surface area contributed by atoms with Crippen LogP contribution in [-0.2, 0) is 13.1 Å². The summed E-state index contributed by atoms with van der Waals surface area (Å²) in [5, 5.41) is 8.20. The molecule has 1 N–H and O–H groups in total. The number of aromatic nitrogens is 2. The van der Waals surface area contributed by atoms with Crippen LogP contribution in [-0.4, -0.2) is 16.3 Å². The van der Waals surface area contributed by atoms with Crippen molar-refractivity contribution in [1.29, 1.82) is 0 Å². The molecule has 104 valence electrons. The Morgan fingerprint density at radius 2 is 2.26 bits per heavy atom. The summed E-state index contributed by atoms with van der Waals surface area (Å²) in [6.45, 7) is 8.79. The Bertz CT molecular complexity index is 531. The Hall–Kier alpha value is -1.26. The van der Waals surface area contributed by atoms with Gasteiger partial charge >= 0.3 is 0 Å². The molecule has 0 radical (unpaired) electrons. The molecular weight excluding hydrogens is 262 g/mol. The highest BCUT2D eigenvalue weighted by Crippen LogP contribution is 2.16. The number of aryl methyl sites for hydroxylation is 1. The van der Waals surface area contributed by atoms with Crippen LogP contribution < -0.4 is 5.32 Å². The Morgan fingerprint density at radius 3 is 2.89 bits per heavy atom. The van der Waals surface area contributed by atoms with Gasteiger partial charge in [-0.25, -0.2) is 0 Å². The van der Waals surface area contributed by atoms with Crippen molar-refractivity contribution in [2.75, 3.05) is 6.54 Å². The highest BCUT2D eigenvalue weighted by Gasteiger charge is 2.08. The summed E-state index contributed by atoms with van der Waals surface area (Å²) in [4.78, 5) is 0. The molecule has 2 rings (SSSR count). The lowest BCUT2D eigenvalue weighted by atomic mass is 10.2. The number of nitrogens with zero attached hydrogens (tertiary/aromatic N) is 2. The molecule has 2 aromatic heterocycles. The van der Waals surface area contributed by atoms with E-state index in [0.29, 0.717) is 17.5 Å². The van der Waals surface area contributed by atoms with Gasteiger partial charge in [0.2, 0.25) is 0 Å². The first-order valence-electron chi connectivity index (χ1n) is 6.51. The Labute approximate surface area is 118 Å². The van der Waals surface area contributed by atoms with Crippen LogP contribution in [0.1, 0.15) is 30.9 Å². The van der Waals surface area contributed by atoms with Gasteiger partial charge in [-0.15, -0.1) is 0 Å². The topological polar surface area (TPSA) is 43.0 Å². The Kier molecular flexibility index (Phi) is 4.66. The fraction of sp³-hybridized carbons (Fsp3) is 0.500. The van der Waals surface area contributed by atoms with Crippen molar-refractivity contribution in [1.82, 2.24) is 15.1 Å². The molecule has 0 aliphatic rings. The molecule has 0 saturated carbocycles. The van der Waals surface area contributed by atoms with Crippen LogP contribution in [0.3, 0.4) is 0 Å². The normalized spacial score (nSPS) is 11.4. The second-order valence-electron chi connectivity index (χ2n) is 5.18. The molecule has 0 saturated heterocycles. The van der Waals surface area contributed by atoms with Gasteiger partial charge in [0.05, 0.1) is 24.3 Å². The van der Waals surface area contributed by atoms with E-state index < -0.39 is 0 Å². The van der Waals surface area contributed by atoms with E-state index >= 15 is 0 Å². The summed E-state index contributed by atoms with van der Waals surface area (Å²) < 4.78 is 7.55. The number of hydrogen-bond donors (Lipinski definition) is 1. The van der Waals surface area contributed by atoms with Gasteiger partial charge < -0.3 is 9.73 Å². The van der Waals surface area contributed by atoms with Gasteiger partial charge in [0, 0.05) is 11.8 Å². The molecule has 4 nitrogen and oxygen atoms in total. The van der Waals surface area contributed by atoms with Gasteiger partial charge in [0.1, 0.15) is 11.5 Å². The molecule has 0 aliphatic carbocycles. The zero-order valence-corrected chi connectivity index (χ0v) is 12.4. The van der Waals surface area contributed by atoms with E-state index in [-0.39, 0.29) is 0 Å². The largest absolute Gasteiger partial charge is 0.465 e. The van der Waals surface area contributed by atoms with Crippen molar-refractivity contribution in [3.8, 4) is 0 Å². The molecule has 0 spiro atoms. The zero-order chi connectivity index (χ0) is 13.8. The highest BCUT2D eigenvalue weighted by atomic mass is 35.5. The van der Waals surface area contributed by atoms with Crippen LogP contribution in [0.2, 0.25) is 5.02 Å². The van der Waals surface area contributed by atoms with Crippen LogP contribution in [0.15, 0.2) is 22.9 Å². The van der Waals surface area contributed by atoms with Crippen molar-refractivity contribution >= 4 is 11.6 Å².